The first-order valence-electron chi connectivity index (χ1n) is 29.2. The maximum Gasteiger partial charge on any atom is 1.00 e. The maximum absolute atomic E-state index is 15.7. The molecule has 2 aliphatic rings. The van der Waals surface area contributed by atoms with Crippen LogP contribution >= 0.6 is 39.2 Å². The number of hydrogen-bond donors (Lipinski definition) is 1. The molecule has 2 saturated heterocycles. The number of aromatic nitrogens is 6. The second kappa shape index (κ2) is 39.2. The summed E-state index contributed by atoms with van der Waals surface area (Å²) in [6, 6.07) is 17.6. The number of nitrogens with zero attached hydrogens (tertiary/aromatic N) is 8. The van der Waals surface area contributed by atoms with Gasteiger partial charge in [0.05, 0.1) is 86.5 Å². The van der Waals surface area contributed by atoms with Crippen molar-refractivity contribution < 1.29 is 131 Å². The zero-order valence-corrected chi connectivity index (χ0v) is 58.5. The first kappa shape index (κ1) is 80.8. The van der Waals surface area contributed by atoms with Gasteiger partial charge in [-0.2, -0.15) is 20.7 Å². The molecule has 0 bridgehead atoms. The number of carbonyl (C=O) groups is 2. The molecule has 0 aliphatic carbocycles. The van der Waals surface area contributed by atoms with Crippen molar-refractivity contribution in [3.63, 3.8) is 0 Å². The van der Waals surface area contributed by atoms with Crippen LogP contribution in [0.5, 0.6) is 0 Å². The summed E-state index contributed by atoms with van der Waals surface area (Å²) in [4.78, 5) is 54.1. The van der Waals surface area contributed by atoms with E-state index in [-0.39, 0.29) is 121 Å². The van der Waals surface area contributed by atoms with Gasteiger partial charge >= 0.3 is 49.3 Å². The number of ether oxygens (including phenoxy) is 6. The van der Waals surface area contributed by atoms with E-state index in [1.807, 2.05) is 12.1 Å². The molecule has 520 valence electrons. The molecule has 0 amide bonds. The van der Waals surface area contributed by atoms with Crippen LogP contribution < -0.4 is 34.5 Å². The Morgan fingerprint density at radius 3 is 1.39 bits per heavy atom. The Morgan fingerprint density at radius 2 is 1.05 bits per heavy atom. The summed E-state index contributed by atoms with van der Waals surface area (Å²) in [6.45, 7) is 7.73. The number of nitriles is 2. The van der Waals surface area contributed by atoms with Crippen molar-refractivity contribution in [3.8, 4) is 12.1 Å². The fourth-order valence-corrected chi connectivity index (χ4v) is 13.4. The number of benzene rings is 4. The molecule has 24 nitrogen and oxygen atoms in total. The number of esters is 2. The molecular formula is C64H63F6N8NaO16P2S2. The van der Waals surface area contributed by atoms with Gasteiger partial charge in [-0.25, -0.2) is 59.8 Å². The van der Waals surface area contributed by atoms with Gasteiger partial charge in [-0.3, -0.25) is 18.1 Å². The Kier molecular flexibility index (Phi) is 32.0. The number of carbonyl (C=O) groups excluding carboxylic acids is 2. The minimum atomic E-state index is -5.30. The monoisotopic (exact) mass is 1460 g/mol. The Morgan fingerprint density at radius 1 is 0.646 bits per heavy atom. The number of halogens is 6. The van der Waals surface area contributed by atoms with E-state index in [0.717, 1.165) is 30.3 Å². The third kappa shape index (κ3) is 24.6. The van der Waals surface area contributed by atoms with Gasteiger partial charge in [0.15, 0.2) is 37.0 Å². The minimum Gasteiger partial charge on any atom is -0.756 e. The largest absolute Gasteiger partial charge is 1.00 e. The molecule has 0 saturated carbocycles. The van der Waals surface area contributed by atoms with Crippen LogP contribution in [0.15, 0.2) is 160 Å². The van der Waals surface area contributed by atoms with Gasteiger partial charge in [0.1, 0.15) is 60.2 Å². The minimum absolute atomic E-state index is 0. The van der Waals surface area contributed by atoms with E-state index >= 15 is 8.78 Å². The Hall–Kier alpha value is -7.14. The molecule has 2 aromatic heterocycles. The summed E-state index contributed by atoms with van der Waals surface area (Å²) in [6.07, 6.45) is 18.9. The molecule has 6 aromatic rings. The van der Waals surface area contributed by atoms with Gasteiger partial charge in [0.2, 0.25) is 0 Å². The van der Waals surface area contributed by atoms with Crippen LogP contribution in [0.4, 0.5) is 26.3 Å². The normalized spacial score (nSPS) is 18.9. The third-order valence-electron chi connectivity index (χ3n) is 13.9. The summed E-state index contributed by atoms with van der Waals surface area (Å²) in [5.74, 6) is -7.19. The Balaban J connectivity index is 0.000000311. The molecule has 4 aromatic carbocycles. The van der Waals surface area contributed by atoms with Crippen LogP contribution in [0.3, 0.4) is 0 Å². The maximum atomic E-state index is 15.7. The average molecular weight is 1460 g/mol. The fraction of sp³-hybridized carbons (Fsp3) is 0.312. The van der Waals surface area contributed by atoms with Crippen LogP contribution in [-0.4, -0.2) is 133 Å². The summed E-state index contributed by atoms with van der Waals surface area (Å²) >= 11 is 2.45. The van der Waals surface area contributed by atoms with Crippen LogP contribution in [0, 0.1) is 57.6 Å². The molecule has 4 heterocycles. The second-order valence-corrected chi connectivity index (χ2v) is 27.0. The molecule has 2 aliphatic heterocycles. The molecule has 0 spiro atoms. The Bertz CT molecular complexity index is 3990. The van der Waals surface area contributed by atoms with E-state index < -0.39 is 110 Å². The van der Waals surface area contributed by atoms with Crippen molar-refractivity contribution in [3.05, 3.63) is 228 Å². The van der Waals surface area contributed by atoms with Crippen LogP contribution in [-0.2, 0) is 89.5 Å². The second-order valence-electron chi connectivity index (χ2n) is 20.8. The van der Waals surface area contributed by atoms with E-state index in [4.69, 9.17) is 57.4 Å². The summed E-state index contributed by atoms with van der Waals surface area (Å²) in [5, 5.41) is 23.6. The number of phosphoric ester groups is 2. The van der Waals surface area contributed by atoms with Gasteiger partial charge < -0.3 is 42.7 Å². The average Bonchev–Trinajstić information content (AvgIpc) is 1.37. The Labute approximate surface area is 595 Å². The predicted octanol–water partition coefficient (Wildman–Crippen LogP) is 7.29. The van der Waals surface area contributed by atoms with Crippen molar-refractivity contribution in [1.82, 2.24) is 29.5 Å². The molecule has 5 atom stereocenters. The first-order valence-corrected chi connectivity index (χ1v) is 34.0. The van der Waals surface area contributed by atoms with Gasteiger partial charge in [-0.15, -0.1) is 36.7 Å². The zero-order valence-electron chi connectivity index (χ0n) is 53.1. The molecule has 0 radical (unpaired) electrons. The number of rotatable bonds is 32. The number of hydrogen-bond acceptors (Lipinski definition) is 23. The molecule has 1 N–H and O–H groups in total. The van der Waals surface area contributed by atoms with Gasteiger partial charge in [-0.1, -0.05) is 60.7 Å². The molecule has 8 rings (SSSR count). The van der Waals surface area contributed by atoms with E-state index in [1.54, 1.807) is 50.3 Å². The molecule has 35 heteroatoms. The van der Waals surface area contributed by atoms with Crippen LogP contribution in [0.1, 0.15) is 47.2 Å². The molecule has 1 unspecified atom stereocenters. The first-order chi connectivity index (χ1) is 46.9. The van der Waals surface area contributed by atoms with E-state index in [1.165, 1.54) is 113 Å². The topological polar surface area (TPSA) is 313 Å². The van der Waals surface area contributed by atoms with Crippen molar-refractivity contribution in [2.24, 2.45) is 0 Å². The van der Waals surface area contributed by atoms with Crippen LogP contribution in [0.25, 0.3) is 12.2 Å². The molecular weight excluding hydrogens is 1400 g/mol. The van der Waals surface area contributed by atoms with Crippen molar-refractivity contribution in [1.29, 1.82) is 10.5 Å². The summed E-state index contributed by atoms with van der Waals surface area (Å²) in [5.41, 5.74) is -3.19. The van der Waals surface area contributed by atoms with Crippen LogP contribution in [0.2, 0.25) is 0 Å². The smallest absolute Gasteiger partial charge is 0.756 e. The van der Waals surface area contributed by atoms with E-state index in [0.29, 0.717) is 17.7 Å². The van der Waals surface area contributed by atoms with Gasteiger partial charge in [0.25, 0.3) is 7.82 Å². The SMILES string of the molecule is C=CCOP(=O)(OCC=C)OCC(=O)O[C@@](Cn1cncn1)(c1ccc(F)cc1F)[C@@H](C)SC1COC(/C=C/C=C/c2ccc(C#N)cc2F)OC1.C[C@@H](SC1COC(/C=C/C=C/c2ccc(C#N)cc2F)OC1)[C@@](Cn1cncn1)(OC(=O)COP(=O)([O-])O)c1ccc(F)cc1F.[Na+]. The number of phosphoric acid groups is 2. The van der Waals surface area contributed by atoms with Gasteiger partial charge in [-0.05, 0) is 74.5 Å². The predicted molar refractivity (Wildman–Crippen MR) is 342 cm³/mol. The third-order valence-corrected chi connectivity index (χ3v) is 18.7. The van der Waals surface area contributed by atoms with Crippen molar-refractivity contribution in [2.75, 3.05) is 52.9 Å². The molecule has 99 heavy (non-hydrogen) atoms. The quantitative estimate of drug-likeness (QED) is 0.0108. The zero-order chi connectivity index (χ0) is 70.9. The summed E-state index contributed by atoms with van der Waals surface area (Å²) < 4.78 is 169. The van der Waals surface area contributed by atoms with E-state index in [9.17, 15) is 41.2 Å². The standard InChI is InChI=1S/C35H36F3N4O8PS.C29H28F3N4O8PS.Na/c1-4-14-47-51(44,48-15-5-2)49-21-33(43)50-35(22-42-24-40-23-41-42,30-13-12-28(36)17-32(30)38)25(3)52-29-19-45-34(46-20-29)9-7-6-8-27-11-10-26(18-39)16-31(27)37;1-19(46-23-13-41-28(42-14-23)5-3-2-4-21-7-6-20(12-33)10-25(21)31)29(16-36-18-34-17-35-36,24-9-8-22(30)11-26(24)32)44-27(37)15-43-45(38,39)40;/h4-13,16-17,23-25,29,34H,1-2,14-15,19-22H2,3H3;2-11,17-19,23,28H,13-16H2,1H3,(H2,38,39,40);/q;;+1/p-1/b8-6+,9-7+;4-2+,5-3+;/t25-,29?,34?,35-;19-,23?,28?,29-;/m11./s1. The van der Waals surface area contributed by atoms with Crippen molar-refractivity contribution in [2.45, 2.75) is 71.7 Å². The van der Waals surface area contributed by atoms with Crippen molar-refractivity contribution >= 4 is 63.3 Å². The van der Waals surface area contributed by atoms with Gasteiger partial charge in [0, 0.05) is 44.9 Å². The number of allylic oxidation sites excluding steroid dienone is 4. The van der Waals surface area contributed by atoms with E-state index in [2.05, 4.69) is 37.8 Å². The molecule has 2 fully saturated rings. The summed E-state index contributed by atoms with van der Waals surface area (Å²) in [7, 11) is -9.57. The number of thioether (sulfide) groups is 2. The fourth-order valence-electron chi connectivity index (χ4n) is 9.38.